The van der Waals surface area contributed by atoms with Gasteiger partial charge >= 0.3 is 6.03 Å². The molecule has 1 heterocycles. The molecule has 1 saturated heterocycles. The maximum absolute atomic E-state index is 14.1. The molecule has 1 unspecified atom stereocenters. The van der Waals surface area contributed by atoms with E-state index in [0.717, 1.165) is 0 Å². The Bertz CT molecular complexity index is 1380. The Morgan fingerprint density at radius 2 is 1.78 bits per heavy atom. The van der Waals surface area contributed by atoms with E-state index in [2.05, 4.69) is 33.1 Å². The molecular formula is C33H49N7O9. The van der Waals surface area contributed by atoms with E-state index in [1.165, 1.54) is 30.0 Å². The molecule has 270 valence electrons. The number of nitrogens with zero attached hydrogens (tertiary/aromatic N) is 2. The Labute approximate surface area is 286 Å². The molecule has 0 saturated carbocycles. The fourth-order valence-corrected chi connectivity index (χ4v) is 5.06. The number of amides is 6. The van der Waals surface area contributed by atoms with E-state index in [9.17, 15) is 33.9 Å². The van der Waals surface area contributed by atoms with Crippen molar-refractivity contribution in [2.45, 2.75) is 96.7 Å². The van der Waals surface area contributed by atoms with Gasteiger partial charge in [-0.1, -0.05) is 32.1 Å². The van der Waals surface area contributed by atoms with Gasteiger partial charge in [0, 0.05) is 26.3 Å². The summed E-state index contributed by atoms with van der Waals surface area (Å²) in [5.41, 5.74) is 7.07. The molecule has 0 aliphatic carbocycles. The van der Waals surface area contributed by atoms with Crippen LogP contribution in [0.5, 0.6) is 5.75 Å². The van der Waals surface area contributed by atoms with Crippen molar-refractivity contribution in [3.8, 4) is 5.75 Å². The first-order chi connectivity index (χ1) is 22.9. The van der Waals surface area contributed by atoms with Crippen molar-refractivity contribution in [2.24, 2.45) is 16.8 Å². The number of aromatic hydroxyl groups is 1. The number of nitrogens with one attached hydrogen (secondary N) is 4. The molecule has 1 aromatic rings. The van der Waals surface area contributed by atoms with Crippen LogP contribution in [0.15, 0.2) is 42.0 Å². The summed E-state index contributed by atoms with van der Waals surface area (Å²) < 4.78 is 11.5. The lowest BCUT2D eigenvalue weighted by molar-refractivity contribution is -0.143. The highest BCUT2D eigenvalue weighted by Gasteiger charge is 2.44. The lowest BCUT2D eigenvalue weighted by atomic mass is 10.00. The van der Waals surface area contributed by atoms with Gasteiger partial charge in [-0.25, -0.2) is 10.2 Å². The molecular weight excluding hydrogens is 638 g/mol. The molecule has 16 nitrogen and oxygen atoms in total. The number of benzene rings is 1. The number of carbonyl (C=O) groups is 6. The number of aldehydes is 1. The number of hydrogen-bond acceptors (Lipinski definition) is 10. The summed E-state index contributed by atoms with van der Waals surface area (Å²) in [4.78, 5) is 77.9. The van der Waals surface area contributed by atoms with Crippen molar-refractivity contribution < 1.29 is 43.3 Å². The maximum Gasteiger partial charge on any atom is 0.332 e. The minimum Gasteiger partial charge on any atom is -0.508 e. The molecule has 6 amide bonds. The van der Waals surface area contributed by atoms with Gasteiger partial charge in [0.25, 0.3) is 0 Å². The second kappa shape index (κ2) is 18.5. The Morgan fingerprint density at radius 1 is 1.12 bits per heavy atom. The van der Waals surface area contributed by atoms with Crippen molar-refractivity contribution in [2.75, 3.05) is 13.2 Å². The first kappa shape index (κ1) is 40.2. The molecule has 0 radical (unpaired) electrons. The third kappa shape index (κ3) is 13.6. The molecule has 7 N–H and O–H groups in total. The topological polar surface area (TPSA) is 231 Å². The van der Waals surface area contributed by atoms with Crippen LogP contribution in [-0.2, 0) is 39.9 Å². The largest absolute Gasteiger partial charge is 0.508 e. The summed E-state index contributed by atoms with van der Waals surface area (Å²) in [5.74, 6) is -2.77. The highest BCUT2D eigenvalue weighted by molar-refractivity contribution is 5.95. The predicted octanol–water partition coefficient (Wildman–Crippen LogP) is 0.623. The number of ether oxygens (including phenoxy) is 2. The minimum atomic E-state index is -1.16. The molecule has 0 aromatic heterocycles. The van der Waals surface area contributed by atoms with Gasteiger partial charge in [-0.3, -0.25) is 19.2 Å². The highest BCUT2D eigenvalue weighted by Crippen LogP contribution is 2.24. The van der Waals surface area contributed by atoms with E-state index in [4.69, 9.17) is 15.2 Å². The number of likely N-dealkylation sites (tertiary alicyclic amines) is 1. The summed E-state index contributed by atoms with van der Waals surface area (Å²) in [6.07, 6.45) is 1.39. The molecule has 0 bridgehead atoms. The fraction of sp³-hybridized carbons (Fsp3) is 0.545. The molecule has 1 aliphatic heterocycles. The predicted molar refractivity (Wildman–Crippen MR) is 180 cm³/mol. The van der Waals surface area contributed by atoms with Crippen LogP contribution in [-0.4, -0.2) is 101 Å². The third-order valence-corrected chi connectivity index (χ3v) is 7.20. The minimum absolute atomic E-state index is 0.0145. The normalized spacial score (nSPS) is 18.1. The molecule has 0 spiro atoms. The van der Waals surface area contributed by atoms with Crippen LogP contribution in [0.3, 0.4) is 0 Å². The number of hydrazone groups is 1. The van der Waals surface area contributed by atoms with Crippen LogP contribution in [0, 0.1) is 5.92 Å². The van der Waals surface area contributed by atoms with Crippen molar-refractivity contribution >= 4 is 41.8 Å². The first-order valence-corrected chi connectivity index (χ1v) is 15.9. The van der Waals surface area contributed by atoms with Crippen molar-refractivity contribution in [3.05, 3.63) is 42.5 Å². The maximum atomic E-state index is 14.1. The SMILES string of the molecule is C=CCO[C@@H]1CC(C(=O)N[C@H](C=O)CC(=NNC(N)=O)OC(C)(C)C)N(C(=O)[C@@H](NC(=O)[C@H](Cc2ccc(O)cc2)NC(C)=O)C(C)C)C1. The quantitative estimate of drug-likeness (QED) is 0.0470. The van der Waals surface area contributed by atoms with Gasteiger partial charge in [0.1, 0.15) is 35.8 Å². The molecule has 2 rings (SSSR count). The summed E-state index contributed by atoms with van der Waals surface area (Å²) >= 11 is 0. The van der Waals surface area contributed by atoms with Gasteiger partial charge in [-0.2, -0.15) is 0 Å². The van der Waals surface area contributed by atoms with Gasteiger partial charge < -0.3 is 46.0 Å². The second-order valence-electron chi connectivity index (χ2n) is 13.0. The van der Waals surface area contributed by atoms with E-state index in [1.54, 1.807) is 46.8 Å². The summed E-state index contributed by atoms with van der Waals surface area (Å²) in [7, 11) is 0. The van der Waals surface area contributed by atoms with Crippen LogP contribution >= 0.6 is 0 Å². The van der Waals surface area contributed by atoms with E-state index in [-0.39, 0.29) is 44.1 Å². The zero-order chi connectivity index (χ0) is 36.9. The standard InChI is InChI=1S/C33H49N7O9/c1-8-13-48-24-16-26(30(45)36-22(18-41)15-27(38-39-32(34)47)49-33(5,6)7)40(17-24)31(46)28(19(2)3)37-29(44)25(35-20(4)42)14-21-9-11-23(43)12-10-21/h8-12,18-19,22,24-26,28,43H,1,13-17H2,2-7H3,(H,35,42)(H,36,45)(H,37,44)(H3,34,39,47)/t22-,24+,25-,26?,28-/m0/s1. The Balaban J connectivity index is 2.32. The Morgan fingerprint density at radius 3 is 2.31 bits per heavy atom. The summed E-state index contributed by atoms with van der Waals surface area (Å²) in [5, 5.41) is 21.4. The zero-order valence-electron chi connectivity index (χ0n) is 28.9. The average molecular weight is 688 g/mol. The lowest BCUT2D eigenvalue weighted by Gasteiger charge is -2.32. The highest BCUT2D eigenvalue weighted by atomic mass is 16.5. The molecule has 1 aliphatic rings. The van der Waals surface area contributed by atoms with Crippen molar-refractivity contribution in [3.63, 3.8) is 0 Å². The lowest BCUT2D eigenvalue weighted by Crippen LogP contribution is -2.59. The molecule has 1 fully saturated rings. The van der Waals surface area contributed by atoms with Gasteiger partial charge in [0.15, 0.2) is 0 Å². The van der Waals surface area contributed by atoms with E-state index < -0.39 is 71.5 Å². The number of primary amides is 1. The Kier molecular flexibility index (Phi) is 15.2. The van der Waals surface area contributed by atoms with Gasteiger partial charge in [-0.15, -0.1) is 11.7 Å². The number of hydrogen-bond donors (Lipinski definition) is 6. The van der Waals surface area contributed by atoms with E-state index >= 15 is 0 Å². The van der Waals surface area contributed by atoms with Crippen LogP contribution in [0.2, 0.25) is 0 Å². The van der Waals surface area contributed by atoms with Gasteiger partial charge in [-0.05, 0) is 44.4 Å². The average Bonchev–Trinajstić information content (AvgIpc) is 3.44. The zero-order valence-corrected chi connectivity index (χ0v) is 28.9. The summed E-state index contributed by atoms with van der Waals surface area (Å²) in [6, 6.07) is 0.808. The van der Waals surface area contributed by atoms with E-state index in [1.807, 2.05) is 0 Å². The van der Waals surface area contributed by atoms with Crippen LogP contribution in [0.1, 0.15) is 59.9 Å². The number of nitrogens with two attached hydrogens (primary N) is 1. The van der Waals surface area contributed by atoms with Crippen molar-refractivity contribution in [1.29, 1.82) is 0 Å². The fourth-order valence-electron chi connectivity index (χ4n) is 5.06. The van der Waals surface area contributed by atoms with Crippen LogP contribution in [0.4, 0.5) is 4.79 Å². The van der Waals surface area contributed by atoms with Crippen LogP contribution in [0.25, 0.3) is 0 Å². The van der Waals surface area contributed by atoms with Crippen molar-refractivity contribution in [1.82, 2.24) is 26.3 Å². The monoisotopic (exact) mass is 687 g/mol. The smallest absolute Gasteiger partial charge is 0.332 e. The number of phenols is 1. The number of rotatable bonds is 16. The molecule has 5 atom stereocenters. The number of phenolic OH excluding ortho intramolecular Hbond substituents is 1. The molecule has 49 heavy (non-hydrogen) atoms. The third-order valence-electron chi connectivity index (χ3n) is 7.20. The van der Waals surface area contributed by atoms with E-state index in [0.29, 0.717) is 11.8 Å². The molecule has 1 aromatic carbocycles. The summed E-state index contributed by atoms with van der Waals surface area (Å²) in [6.45, 7) is 13.7. The van der Waals surface area contributed by atoms with Gasteiger partial charge in [0.2, 0.25) is 29.5 Å². The number of carbonyl (C=O) groups excluding carboxylic acids is 6. The van der Waals surface area contributed by atoms with Gasteiger partial charge in [0.05, 0.1) is 25.2 Å². The Hall–Kier alpha value is -4.99. The first-order valence-electron chi connectivity index (χ1n) is 15.9. The second-order valence-corrected chi connectivity index (χ2v) is 13.0. The number of urea groups is 1. The van der Waals surface area contributed by atoms with Crippen LogP contribution < -0.4 is 27.1 Å². The molecule has 16 heteroatoms.